The maximum Gasteiger partial charge on any atom is 0.221 e. The third kappa shape index (κ3) is 5.68. The van der Waals surface area contributed by atoms with Crippen LogP contribution in [0, 0.1) is 0 Å². The van der Waals surface area contributed by atoms with Crippen molar-refractivity contribution in [1.29, 1.82) is 0 Å². The Hall–Kier alpha value is -2.17. The minimum absolute atomic E-state index is 0.0126. The number of likely N-dealkylation sites (N-methyl/N-ethyl adjacent to an activating group) is 1. The number of nitrogens with one attached hydrogen (secondary N) is 1. The van der Waals surface area contributed by atoms with Gasteiger partial charge < -0.3 is 15.1 Å². The Morgan fingerprint density at radius 2 is 1.58 bits per heavy atom. The van der Waals surface area contributed by atoms with Crippen LogP contribution in [0.1, 0.15) is 23.6 Å². The summed E-state index contributed by atoms with van der Waals surface area (Å²) in [7, 11) is 2.15. The van der Waals surface area contributed by atoms with Crippen LogP contribution in [-0.2, 0) is 11.2 Å². The first kappa shape index (κ1) is 18.6. The molecule has 1 aliphatic rings. The van der Waals surface area contributed by atoms with Crippen LogP contribution in [0.4, 0.5) is 0 Å². The Labute approximate surface area is 156 Å². The molecule has 0 spiro atoms. The maximum absolute atomic E-state index is 12.6. The van der Waals surface area contributed by atoms with Crippen molar-refractivity contribution in [3.8, 4) is 0 Å². The van der Waals surface area contributed by atoms with Crippen LogP contribution in [0.15, 0.2) is 60.7 Å². The van der Waals surface area contributed by atoms with Gasteiger partial charge in [0.05, 0.1) is 6.04 Å². The first-order chi connectivity index (χ1) is 12.7. The molecule has 0 bridgehead atoms. The first-order valence-corrected chi connectivity index (χ1v) is 9.50. The van der Waals surface area contributed by atoms with Crippen molar-refractivity contribution in [1.82, 2.24) is 15.1 Å². The van der Waals surface area contributed by atoms with E-state index in [0.717, 1.165) is 44.7 Å². The zero-order chi connectivity index (χ0) is 18.2. The van der Waals surface area contributed by atoms with Crippen molar-refractivity contribution in [3.63, 3.8) is 0 Å². The highest BCUT2D eigenvalue weighted by molar-refractivity contribution is 5.76. The van der Waals surface area contributed by atoms with Gasteiger partial charge in [0.2, 0.25) is 5.91 Å². The van der Waals surface area contributed by atoms with E-state index in [-0.39, 0.29) is 11.9 Å². The van der Waals surface area contributed by atoms with Crippen molar-refractivity contribution >= 4 is 5.91 Å². The second kappa shape index (κ2) is 9.51. The monoisotopic (exact) mass is 351 g/mol. The average Bonchev–Trinajstić information content (AvgIpc) is 2.68. The van der Waals surface area contributed by atoms with Crippen LogP contribution < -0.4 is 5.32 Å². The molecule has 2 aromatic carbocycles. The van der Waals surface area contributed by atoms with Crippen LogP contribution in [0.2, 0.25) is 0 Å². The molecule has 0 unspecified atom stereocenters. The minimum Gasteiger partial charge on any atom is -0.349 e. The second-order valence-corrected chi connectivity index (χ2v) is 7.12. The maximum atomic E-state index is 12.6. The van der Waals surface area contributed by atoms with Gasteiger partial charge in [0.15, 0.2) is 0 Å². The number of rotatable bonds is 7. The number of carbonyl (C=O) groups excluding carboxylic acids is 1. The summed E-state index contributed by atoms with van der Waals surface area (Å²) in [6.45, 7) is 5.11. The van der Waals surface area contributed by atoms with E-state index < -0.39 is 0 Å². The standard InChI is InChI=1S/C22H29N3O/c1-24-14-16-25(17-15-24)13-12-22(26)23-21(20-10-6-3-7-11-20)18-19-8-4-2-5-9-19/h2-11,21H,12-18H2,1H3,(H,23,26)/t21-/m1/s1. The molecule has 3 rings (SSSR count). The summed E-state index contributed by atoms with van der Waals surface area (Å²) in [5.41, 5.74) is 2.39. The summed E-state index contributed by atoms with van der Waals surface area (Å²) in [4.78, 5) is 17.3. The predicted molar refractivity (Wildman–Crippen MR) is 106 cm³/mol. The van der Waals surface area contributed by atoms with Gasteiger partial charge >= 0.3 is 0 Å². The third-order valence-electron chi connectivity index (χ3n) is 5.07. The van der Waals surface area contributed by atoms with Gasteiger partial charge in [-0.05, 0) is 24.6 Å². The molecule has 1 heterocycles. The molecule has 4 nitrogen and oxygen atoms in total. The van der Waals surface area contributed by atoms with E-state index in [1.807, 2.05) is 36.4 Å². The summed E-state index contributed by atoms with van der Waals surface area (Å²) < 4.78 is 0. The molecule has 138 valence electrons. The molecular weight excluding hydrogens is 322 g/mol. The van der Waals surface area contributed by atoms with Crippen LogP contribution in [0.3, 0.4) is 0 Å². The summed E-state index contributed by atoms with van der Waals surface area (Å²) in [6, 6.07) is 20.6. The molecule has 1 aliphatic heterocycles. The van der Waals surface area contributed by atoms with Crippen LogP contribution >= 0.6 is 0 Å². The molecule has 1 fully saturated rings. The molecule has 0 aliphatic carbocycles. The van der Waals surface area contributed by atoms with Crippen molar-refractivity contribution < 1.29 is 4.79 Å². The van der Waals surface area contributed by atoms with Gasteiger partial charge in [-0.2, -0.15) is 0 Å². The fourth-order valence-corrected chi connectivity index (χ4v) is 3.38. The van der Waals surface area contributed by atoms with Gasteiger partial charge in [-0.3, -0.25) is 4.79 Å². The second-order valence-electron chi connectivity index (χ2n) is 7.12. The molecule has 1 amide bonds. The topological polar surface area (TPSA) is 35.6 Å². The molecule has 1 atom stereocenters. The zero-order valence-corrected chi connectivity index (χ0v) is 15.6. The van der Waals surface area contributed by atoms with Gasteiger partial charge in [0.25, 0.3) is 0 Å². The van der Waals surface area contributed by atoms with Crippen molar-refractivity contribution in [2.75, 3.05) is 39.8 Å². The Bertz CT molecular complexity index is 666. The summed E-state index contributed by atoms with van der Waals surface area (Å²) in [5, 5.41) is 3.25. The van der Waals surface area contributed by atoms with Crippen LogP contribution in [-0.4, -0.2) is 55.5 Å². The van der Waals surface area contributed by atoms with E-state index in [0.29, 0.717) is 6.42 Å². The average molecular weight is 351 g/mol. The molecule has 0 aromatic heterocycles. The molecule has 26 heavy (non-hydrogen) atoms. The number of carbonyl (C=O) groups is 1. The molecule has 1 saturated heterocycles. The number of hydrogen-bond acceptors (Lipinski definition) is 3. The Kier molecular flexibility index (Phi) is 6.81. The van der Waals surface area contributed by atoms with E-state index in [1.54, 1.807) is 0 Å². The number of hydrogen-bond donors (Lipinski definition) is 1. The lowest BCUT2D eigenvalue weighted by molar-refractivity contribution is -0.122. The van der Waals surface area contributed by atoms with E-state index in [9.17, 15) is 4.79 Å². The lowest BCUT2D eigenvalue weighted by atomic mass is 9.98. The molecule has 1 N–H and O–H groups in total. The van der Waals surface area contributed by atoms with Gasteiger partial charge in [0, 0.05) is 39.1 Å². The van der Waals surface area contributed by atoms with Crippen LogP contribution in [0.25, 0.3) is 0 Å². The highest BCUT2D eigenvalue weighted by Crippen LogP contribution is 2.18. The van der Waals surface area contributed by atoms with Crippen molar-refractivity contribution in [3.05, 3.63) is 71.8 Å². The molecule has 0 radical (unpaired) electrons. The van der Waals surface area contributed by atoms with Gasteiger partial charge in [-0.1, -0.05) is 60.7 Å². The molecule has 2 aromatic rings. The Morgan fingerprint density at radius 1 is 0.962 bits per heavy atom. The quantitative estimate of drug-likeness (QED) is 0.833. The SMILES string of the molecule is CN1CCN(CCC(=O)N[C@H](Cc2ccccc2)c2ccccc2)CC1. The largest absolute Gasteiger partial charge is 0.349 e. The molecule has 0 saturated carbocycles. The third-order valence-corrected chi connectivity index (χ3v) is 5.07. The van der Waals surface area contributed by atoms with E-state index in [1.165, 1.54) is 5.56 Å². The smallest absolute Gasteiger partial charge is 0.221 e. The fraction of sp³-hybridized carbons (Fsp3) is 0.409. The number of nitrogens with zero attached hydrogens (tertiary/aromatic N) is 2. The fourth-order valence-electron chi connectivity index (χ4n) is 3.38. The summed E-state index contributed by atoms with van der Waals surface area (Å²) >= 11 is 0. The lowest BCUT2D eigenvalue weighted by Gasteiger charge is -2.32. The highest BCUT2D eigenvalue weighted by atomic mass is 16.1. The Morgan fingerprint density at radius 3 is 2.23 bits per heavy atom. The van der Waals surface area contributed by atoms with Crippen molar-refractivity contribution in [2.24, 2.45) is 0 Å². The van der Waals surface area contributed by atoms with Crippen molar-refractivity contribution in [2.45, 2.75) is 18.9 Å². The van der Waals surface area contributed by atoms with Gasteiger partial charge in [-0.25, -0.2) is 0 Å². The van der Waals surface area contributed by atoms with Gasteiger partial charge in [0.1, 0.15) is 0 Å². The minimum atomic E-state index is 0.0126. The predicted octanol–water partition coefficient (Wildman–Crippen LogP) is 2.72. The van der Waals surface area contributed by atoms with E-state index in [2.05, 4.69) is 46.4 Å². The first-order valence-electron chi connectivity index (χ1n) is 9.50. The van der Waals surface area contributed by atoms with E-state index >= 15 is 0 Å². The van der Waals surface area contributed by atoms with Gasteiger partial charge in [-0.15, -0.1) is 0 Å². The number of piperazine rings is 1. The molecular formula is C22H29N3O. The number of amides is 1. The van der Waals surface area contributed by atoms with Crippen LogP contribution in [0.5, 0.6) is 0 Å². The highest BCUT2D eigenvalue weighted by Gasteiger charge is 2.18. The lowest BCUT2D eigenvalue weighted by Crippen LogP contribution is -2.45. The van der Waals surface area contributed by atoms with E-state index in [4.69, 9.17) is 0 Å². The summed E-state index contributed by atoms with van der Waals surface area (Å²) in [6.07, 6.45) is 1.37. The normalized spacial score (nSPS) is 17.0. The zero-order valence-electron chi connectivity index (χ0n) is 15.6. The summed E-state index contributed by atoms with van der Waals surface area (Å²) in [5.74, 6) is 0.133. The Balaban J connectivity index is 1.57. The molecule has 4 heteroatoms. The number of benzene rings is 2.